The lowest BCUT2D eigenvalue weighted by molar-refractivity contribution is -0.885. The molecular formula is C24H25N2O4+. The zero-order valence-corrected chi connectivity index (χ0v) is 16.9. The molecule has 2 N–H and O–H groups in total. The number of fused-ring (bicyclic) bond motifs is 1. The molecule has 1 aliphatic heterocycles. The number of ether oxygens (including phenoxy) is 3. The molecule has 1 aliphatic rings. The molecule has 0 aliphatic carbocycles. The van der Waals surface area contributed by atoms with Gasteiger partial charge in [0, 0.05) is 11.3 Å². The average Bonchev–Trinajstić information content (AvgIpc) is 3.22. The Morgan fingerprint density at radius 3 is 2.53 bits per heavy atom. The summed E-state index contributed by atoms with van der Waals surface area (Å²) in [5.41, 5.74) is 2.97. The van der Waals surface area contributed by atoms with Crippen molar-refractivity contribution in [3.63, 3.8) is 0 Å². The molecule has 1 heterocycles. The van der Waals surface area contributed by atoms with Gasteiger partial charge in [-0.2, -0.15) is 0 Å². The maximum absolute atomic E-state index is 12.4. The second-order valence-corrected chi connectivity index (χ2v) is 7.35. The Hall–Kier alpha value is -3.51. The second kappa shape index (κ2) is 9.33. The molecule has 154 valence electrons. The molecule has 0 spiro atoms. The molecule has 0 bridgehead atoms. The largest absolute Gasteiger partial charge is 0.489 e. The first-order valence-corrected chi connectivity index (χ1v) is 9.92. The number of likely N-dealkylation sites (N-methyl/N-ethyl adjacent to an activating group) is 1. The van der Waals surface area contributed by atoms with E-state index in [4.69, 9.17) is 14.2 Å². The molecule has 0 radical (unpaired) electrons. The first-order chi connectivity index (χ1) is 14.7. The van der Waals surface area contributed by atoms with Crippen LogP contribution in [0.3, 0.4) is 0 Å². The van der Waals surface area contributed by atoms with Crippen molar-refractivity contribution in [1.82, 2.24) is 0 Å². The number of hydrogen-bond donors (Lipinski definition) is 2. The van der Waals surface area contributed by atoms with Crippen LogP contribution in [0.4, 0.5) is 5.69 Å². The van der Waals surface area contributed by atoms with E-state index in [1.165, 1.54) is 0 Å². The molecule has 0 aromatic heterocycles. The third-order valence-corrected chi connectivity index (χ3v) is 4.79. The standard InChI is InChI=1S/C24H24N2O4/c1-26(14-19-7-12-22-23(13-19)30-17-29-22)15-24(27)25-20-8-10-21(11-9-20)28-16-18-5-3-2-4-6-18/h2-13H,14-17H2,1H3,(H,25,27)/p+1. The Morgan fingerprint density at radius 2 is 1.73 bits per heavy atom. The Kier molecular flexibility index (Phi) is 6.15. The molecular weight excluding hydrogens is 380 g/mol. The molecule has 1 amide bonds. The highest BCUT2D eigenvalue weighted by molar-refractivity contribution is 5.91. The van der Waals surface area contributed by atoms with Crippen LogP contribution in [0.15, 0.2) is 72.8 Å². The molecule has 0 fully saturated rings. The number of carbonyl (C=O) groups excluding carboxylic acids is 1. The van der Waals surface area contributed by atoms with E-state index in [-0.39, 0.29) is 12.7 Å². The molecule has 1 unspecified atom stereocenters. The van der Waals surface area contributed by atoms with E-state index in [9.17, 15) is 4.79 Å². The van der Waals surface area contributed by atoms with E-state index >= 15 is 0 Å². The van der Waals surface area contributed by atoms with E-state index < -0.39 is 0 Å². The van der Waals surface area contributed by atoms with Gasteiger partial charge in [-0.15, -0.1) is 0 Å². The van der Waals surface area contributed by atoms with Crippen LogP contribution < -0.4 is 24.4 Å². The number of hydrogen-bond acceptors (Lipinski definition) is 4. The lowest BCUT2D eigenvalue weighted by atomic mass is 10.2. The van der Waals surface area contributed by atoms with Crippen molar-refractivity contribution >= 4 is 11.6 Å². The summed E-state index contributed by atoms with van der Waals surface area (Å²) in [6.45, 7) is 1.86. The number of benzene rings is 3. The van der Waals surface area contributed by atoms with Gasteiger partial charge in [-0.25, -0.2) is 0 Å². The molecule has 4 rings (SSSR count). The fourth-order valence-electron chi connectivity index (χ4n) is 3.32. The zero-order valence-electron chi connectivity index (χ0n) is 16.9. The van der Waals surface area contributed by atoms with Crippen molar-refractivity contribution in [2.24, 2.45) is 0 Å². The summed E-state index contributed by atoms with van der Waals surface area (Å²) in [4.78, 5) is 13.5. The van der Waals surface area contributed by atoms with Gasteiger partial charge >= 0.3 is 0 Å². The van der Waals surface area contributed by atoms with Crippen LogP contribution >= 0.6 is 0 Å². The number of anilines is 1. The van der Waals surface area contributed by atoms with E-state index in [0.717, 1.165) is 45.5 Å². The molecule has 0 saturated heterocycles. The van der Waals surface area contributed by atoms with Crippen LogP contribution in [-0.4, -0.2) is 26.3 Å². The van der Waals surface area contributed by atoms with Gasteiger partial charge in [-0.3, -0.25) is 4.79 Å². The van der Waals surface area contributed by atoms with Crippen molar-refractivity contribution in [2.45, 2.75) is 13.2 Å². The van der Waals surface area contributed by atoms with Crippen LogP contribution in [0.1, 0.15) is 11.1 Å². The average molecular weight is 405 g/mol. The molecule has 1 atom stereocenters. The Morgan fingerprint density at radius 1 is 0.967 bits per heavy atom. The fourth-order valence-corrected chi connectivity index (χ4v) is 3.32. The number of carbonyl (C=O) groups is 1. The summed E-state index contributed by atoms with van der Waals surface area (Å²) in [5, 5.41) is 2.94. The summed E-state index contributed by atoms with van der Waals surface area (Å²) < 4.78 is 16.5. The molecule has 6 nitrogen and oxygen atoms in total. The third kappa shape index (κ3) is 5.30. The lowest BCUT2D eigenvalue weighted by Crippen LogP contribution is -3.08. The zero-order chi connectivity index (χ0) is 20.8. The van der Waals surface area contributed by atoms with E-state index in [1.807, 2.05) is 79.8 Å². The van der Waals surface area contributed by atoms with E-state index in [2.05, 4.69) is 5.32 Å². The van der Waals surface area contributed by atoms with Crippen molar-refractivity contribution in [3.8, 4) is 17.2 Å². The highest BCUT2D eigenvalue weighted by atomic mass is 16.7. The van der Waals surface area contributed by atoms with Crippen molar-refractivity contribution in [3.05, 3.63) is 83.9 Å². The quantitative estimate of drug-likeness (QED) is 0.605. The van der Waals surface area contributed by atoms with E-state index in [0.29, 0.717) is 13.2 Å². The summed E-state index contributed by atoms with van der Waals surface area (Å²) >= 11 is 0. The van der Waals surface area contributed by atoms with Gasteiger partial charge in [0.25, 0.3) is 5.91 Å². The minimum Gasteiger partial charge on any atom is -0.489 e. The Labute approximate surface area is 176 Å². The Bertz CT molecular complexity index is 990. The topological polar surface area (TPSA) is 61.2 Å². The monoisotopic (exact) mass is 405 g/mol. The van der Waals surface area contributed by atoms with Gasteiger partial charge in [-0.1, -0.05) is 30.3 Å². The second-order valence-electron chi connectivity index (χ2n) is 7.35. The van der Waals surface area contributed by atoms with Gasteiger partial charge in [0.15, 0.2) is 18.0 Å². The maximum Gasteiger partial charge on any atom is 0.279 e. The molecule has 30 heavy (non-hydrogen) atoms. The van der Waals surface area contributed by atoms with Gasteiger partial charge < -0.3 is 24.4 Å². The summed E-state index contributed by atoms with van der Waals surface area (Å²) in [6, 6.07) is 23.3. The minimum atomic E-state index is -0.0359. The summed E-state index contributed by atoms with van der Waals surface area (Å²) in [5.74, 6) is 2.26. The van der Waals surface area contributed by atoms with Gasteiger partial charge in [0.2, 0.25) is 6.79 Å². The fraction of sp³-hybridized carbons (Fsp3) is 0.208. The normalized spacial score (nSPS) is 13.0. The maximum atomic E-state index is 12.4. The highest BCUT2D eigenvalue weighted by Crippen LogP contribution is 2.32. The van der Waals surface area contributed by atoms with Crippen LogP contribution in [0.5, 0.6) is 17.2 Å². The van der Waals surface area contributed by atoms with Gasteiger partial charge in [0.1, 0.15) is 18.9 Å². The smallest absolute Gasteiger partial charge is 0.279 e. The number of amides is 1. The van der Waals surface area contributed by atoms with Gasteiger partial charge in [0.05, 0.1) is 7.05 Å². The highest BCUT2D eigenvalue weighted by Gasteiger charge is 2.16. The summed E-state index contributed by atoms with van der Waals surface area (Å²) in [7, 11) is 1.99. The van der Waals surface area contributed by atoms with Crippen LogP contribution in [0, 0.1) is 0 Å². The first-order valence-electron chi connectivity index (χ1n) is 9.92. The third-order valence-electron chi connectivity index (χ3n) is 4.79. The van der Waals surface area contributed by atoms with Crippen LogP contribution in [0.25, 0.3) is 0 Å². The molecule has 0 saturated carbocycles. The minimum absolute atomic E-state index is 0.0359. The number of quaternary nitrogens is 1. The number of nitrogens with one attached hydrogen (secondary N) is 2. The van der Waals surface area contributed by atoms with Crippen molar-refractivity contribution in [2.75, 3.05) is 25.7 Å². The van der Waals surface area contributed by atoms with Crippen LogP contribution in [0.2, 0.25) is 0 Å². The summed E-state index contributed by atoms with van der Waals surface area (Å²) in [6.07, 6.45) is 0. The molecule has 3 aromatic rings. The molecule has 3 aromatic carbocycles. The Balaban J connectivity index is 1.24. The lowest BCUT2D eigenvalue weighted by Gasteiger charge is -2.14. The van der Waals surface area contributed by atoms with Gasteiger partial charge in [-0.05, 0) is 48.0 Å². The van der Waals surface area contributed by atoms with Crippen molar-refractivity contribution in [1.29, 1.82) is 0 Å². The number of rotatable bonds is 8. The predicted octanol–water partition coefficient (Wildman–Crippen LogP) is 2.65. The van der Waals surface area contributed by atoms with E-state index in [1.54, 1.807) is 0 Å². The van der Waals surface area contributed by atoms with Crippen molar-refractivity contribution < 1.29 is 23.9 Å². The SMILES string of the molecule is C[NH+](CC(=O)Nc1ccc(OCc2ccccc2)cc1)Cc1ccc2c(c1)OCO2. The first kappa shape index (κ1) is 19.8. The molecule has 6 heteroatoms. The van der Waals surface area contributed by atoms with Crippen LogP contribution in [-0.2, 0) is 17.9 Å². The predicted molar refractivity (Wildman–Crippen MR) is 114 cm³/mol.